The van der Waals surface area contributed by atoms with Crippen LogP contribution in [0, 0.1) is 5.82 Å². The zero-order chi connectivity index (χ0) is 13.8. The number of benzene rings is 1. The maximum atomic E-state index is 13.4. The second-order valence-corrected chi connectivity index (χ2v) is 4.92. The minimum Gasteiger partial charge on any atom is -0.304 e. The van der Waals surface area contributed by atoms with Crippen molar-refractivity contribution in [1.29, 1.82) is 0 Å². The maximum Gasteiger partial charge on any atom is 0.142 e. The number of nitrogens with zero attached hydrogens (tertiary/aromatic N) is 2. The van der Waals surface area contributed by atoms with Crippen LogP contribution in [0.1, 0.15) is 24.2 Å². The summed E-state index contributed by atoms with van der Waals surface area (Å²) in [6, 6.07) is 6.30. The molecular formula is C13H12Cl2FN3. The fourth-order valence-corrected chi connectivity index (χ4v) is 2.21. The van der Waals surface area contributed by atoms with Crippen LogP contribution in [0.3, 0.4) is 0 Å². The smallest absolute Gasteiger partial charge is 0.142 e. The van der Waals surface area contributed by atoms with Gasteiger partial charge in [-0.15, -0.1) is 0 Å². The molecular weight excluding hydrogens is 288 g/mol. The molecule has 0 aliphatic carbocycles. The van der Waals surface area contributed by atoms with Crippen molar-refractivity contribution < 1.29 is 4.39 Å². The standard InChI is InChI=1S/C13H12Cl2FN3/c1-8(17-7-9-3-2-4-18-19-9)10-5-13(16)12(15)6-11(10)14/h2-6,8,17H,7H2,1H3. The molecule has 0 saturated carbocycles. The second kappa shape index (κ2) is 6.28. The Kier molecular flexibility index (Phi) is 4.69. The number of aromatic nitrogens is 2. The number of hydrogen-bond acceptors (Lipinski definition) is 3. The topological polar surface area (TPSA) is 37.8 Å². The van der Waals surface area contributed by atoms with Crippen LogP contribution in [0.25, 0.3) is 0 Å². The summed E-state index contributed by atoms with van der Waals surface area (Å²) in [6.45, 7) is 2.42. The molecule has 0 fully saturated rings. The van der Waals surface area contributed by atoms with Gasteiger partial charge in [-0.3, -0.25) is 0 Å². The van der Waals surface area contributed by atoms with Crippen LogP contribution in [0.4, 0.5) is 4.39 Å². The van der Waals surface area contributed by atoms with Gasteiger partial charge in [0.15, 0.2) is 0 Å². The Morgan fingerprint density at radius 3 is 2.79 bits per heavy atom. The van der Waals surface area contributed by atoms with Crippen molar-refractivity contribution in [3.63, 3.8) is 0 Å². The first-order chi connectivity index (χ1) is 9.08. The van der Waals surface area contributed by atoms with Gasteiger partial charge in [0, 0.05) is 23.8 Å². The van der Waals surface area contributed by atoms with E-state index in [9.17, 15) is 4.39 Å². The van der Waals surface area contributed by atoms with E-state index in [1.54, 1.807) is 6.20 Å². The Bertz CT molecular complexity index is 563. The molecule has 0 bridgehead atoms. The largest absolute Gasteiger partial charge is 0.304 e. The lowest BCUT2D eigenvalue weighted by Crippen LogP contribution is -2.19. The van der Waals surface area contributed by atoms with E-state index < -0.39 is 5.82 Å². The normalized spacial score (nSPS) is 12.4. The first-order valence-electron chi connectivity index (χ1n) is 5.72. The van der Waals surface area contributed by atoms with Gasteiger partial charge in [0.2, 0.25) is 0 Å². The molecule has 0 saturated heterocycles. The Balaban J connectivity index is 2.08. The summed E-state index contributed by atoms with van der Waals surface area (Å²) in [4.78, 5) is 0. The van der Waals surface area contributed by atoms with E-state index in [0.29, 0.717) is 17.1 Å². The lowest BCUT2D eigenvalue weighted by atomic mass is 10.1. The SMILES string of the molecule is CC(NCc1cccnn1)c1cc(F)c(Cl)cc1Cl. The highest BCUT2D eigenvalue weighted by atomic mass is 35.5. The molecule has 19 heavy (non-hydrogen) atoms. The van der Waals surface area contributed by atoms with Gasteiger partial charge in [-0.1, -0.05) is 23.2 Å². The fraction of sp³-hybridized carbons (Fsp3) is 0.231. The van der Waals surface area contributed by atoms with Crippen LogP contribution in [0.2, 0.25) is 10.0 Å². The predicted octanol–water partition coefficient (Wildman–Crippen LogP) is 3.77. The zero-order valence-electron chi connectivity index (χ0n) is 10.2. The van der Waals surface area contributed by atoms with Crippen LogP contribution in [-0.2, 0) is 6.54 Å². The van der Waals surface area contributed by atoms with Crippen molar-refractivity contribution >= 4 is 23.2 Å². The molecule has 6 heteroatoms. The highest BCUT2D eigenvalue weighted by Crippen LogP contribution is 2.28. The molecule has 1 aromatic carbocycles. The fourth-order valence-electron chi connectivity index (χ4n) is 1.67. The minimum absolute atomic E-state index is 0.0230. The van der Waals surface area contributed by atoms with E-state index in [1.165, 1.54) is 12.1 Å². The molecule has 0 spiro atoms. The first kappa shape index (κ1) is 14.2. The second-order valence-electron chi connectivity index (χ2n) is 4.11. The third-order valence-electron chi connectivity index (χ3n) is 2.72. The molecule has 1 atom stereocenters. The van der Waals surface area contributed by atoms with Crippen molar-refractivity contribution in [2.45, 2.75) is 19.5 Å². The summed E-state index contributed by atoms with van der Waals surface area (Å²) in [6.07, 6.45) is 1.61. The molecule has 3 nitrogen and oxygen atoms in total. The molecule has 0 aliphatic rings. The Hall–Kier alpha value is -1.23. The monoisotopic (exact) mass is 299 g/mol. The van der Waals surface area contributed by atoms with Gasteiger partial charge in [0.05, 0.1) is 10.7 Å². The first-order valence-corrected chi connectivity index (χ1v) is 6.48. The number of halogens is 3. The lowest BCUT2D eigenvalue weighted by molar-refractivity contribution is 0.556. The van der Waals surface area contributed by atoms with Crippen molar-refractivity contribution in [2.75, 3.05) is 0 Å². The van der Waals surface area contributed by atoms with E-state index in [-0.39, 0.29) is 11.1 Å². The third kappa shape index (κ3) is 3.62. The van der Waals surface area contributed by atoms with Crippen LogP contribution < -0.4 is 5.32 Å². The molecule has 100 valence electrons. The molecule has 0 radical (unpaired) electrons. The van der Waals surface area contributed by atoms with Crippen molar-refractivity contribution in [2.24, 2.45) is 0 Å². The van der Waals surface area contributed by atoms with E-state index in [4.69, 9.17) is 23.2 Å². The lowest BCUT2D eigenvalue weighted by Gasteiger charge is -2.15. The van der Waals surface area contributed by atoms with Crippen molar-refractivity contribution in [1.82, 2.24) is 15.5 Å². The molecule has 1 N–H and O–H groups in total. The number of hydrogen-bond donors (Lipinski definition) is 1. The predicted molar refractivity (Wildman–Crippen MR) is 73.7 cm³/mol. The molecule has 1 aromatic heterocycles. The van der Waals surface area contributed by atoms with E-state index in [0.717, 1.165) is 5.69 Å². The molecule has 1 unspecified atom stereocenters. The summed E-state index contributed by atoms with van der Waals surface area (Å²) >= 11 is 11.7. The maximum absolute atomic E-state index is 13.4. The molecule has 0 aliphatic heterocycles. The van der Waals surface area contributed by atoms with Crippen LogP contribution in [-0.4, -0.2) is 10.2 Å². The van der Waals surface area contributed by atoms with Crippen LogP contribution in [0.15, 0.2) is 30.5 Å². The van der Waals surface area contributed by atoms with Gasteiger partial charge in [-0.2, -0.15) is 10.2 Å². The van der Waals surface area contributed by atoms with Gasteiger partial charge in [-0.25, -0.2) is 4.39 Å². The average molecular weight is 300 g/mol. The Morgan fingerprint density at radius 1 is 1.32 bits per heavy atom. The molecule has 2 aromatic rings. The molecule has 1 heterocycles. The van der Waals surface area contributed by atoms with E-state index in [2.05, 4.69) is 15.5 Å². The zero-order valence-corrected chi connectivity index (χ0v) is 11.7. The Morgan fingerprint density at radius 2 is 2.11 bits per heavy atom. The van der Waals surface area contributed by atoms with E-state index >= 15 is 0 Å². The summed E-state index contributed by atoms with van der Waals surface area (Å²) < 4.78 is 13.4. The highest BCUT2D eigenvalue weighted by Gasteiger charge is 2.13. The van der Waals surface area contributed by atoms with Crippen molar-refractivity contribution in [3.8, 4) is 0 Å². The van der Waals surface area contributed by atoms with E-state index in [1.807, 2.05) is 19.1 Å². The summed E-state index contributed by atoms with van der Waals surface area (Å²) in [5, 5.41) is 11.4. The molecule has 0 amide bonds. The minimum atomic E-state index is -0.478. The number of nitrogens with one attached hydrogen (secondary N) is 1. The summed E-state index contributed by atoms with van der Waals surface area (Å²) in [5.41, 5.74) is 1.47. The van der Waals surface area contributed by atoms with Crippen LogP contribution in [0.5, 0.6) is 0 Å². The third-order valence-corrected chi connectivity index (χ3v) is 3.34. The molecule has 2 rings (SSSR count). The van der Waals surface area contributed by atoms with Gasteiger partial charge >= 0.3 is 0 Å². The number of rotatable bonds is 4. The van der Waals surface area contributed by atoms with Crippen LogP contribution >= 0.6 is 23.2 Å². The highest BCUT2D eigenvalue weighted by molar-refractivity contribution is 6.35. The average Bonchev–Trinajstić information content (AvgIpc) is 2.41. The van der Waals surface area contributed by atoms with Gasteiger partial charge in [0.1, 0.15) is 5.82 Å². The van der Waals surface area contributed by atoms with Gasteiger partial charge < -0.3 is 5.32 Å². The van der Waals surface area contributed by atoms with Gasteiger partial charge in [0.25, 0.3) is 0 Å². The summed E-state index contributed by atoms with van der Waals surface area (Å²) in [5.74, 6) is -0.478. The van der Waals surface area contributed by atoms with Crippen molar-refractivity contribution in [3.05, 3.63) is 57.6 Å². The quantitative estimate of drug-likeness (QED) is 0.873. The summed E-state index contributed by atoms with van der Waals surface area (Å²) in [7, 11) is 0. The van der Waals surface area contributed by atoms with Gasteiger partial charge in [-0.05, 0) is 36.8 Å². The Labute approximate surface area is 120 Å².